The summed E-state index contributed by atoms with van der Waals surface area (Å²) >= 11 is 0. The topological polar surface area (TPSA) is 67.8 Å². The number of ether oxygens (including phenoxy) is 2. The first-order valence-corrected chi connectivity index (χ1v) is 10.3. The lowest BCUT2D eigenvalue weighted by Gasteiger charge is -2.25. The molecule has 3 aromatic carbocycles. The van der Waals surface area contributed by atoms with Crippen molar-refractivity contribution >= 4 is 6.09 Å². The summed E-state index contributed by atoms with van der Waals surface area (Å²) in [6.07, 6.45) is -8.96. The number of rotatable bonds is 9. The van der Waals surface area contributed by atoms with Crippen LogP contribution in [0.25, 0.3) is 0 Å². The van der Waals surface area contributed by atoms with Crippen molar-refractivity contribution in [3.8, 4) is 5.75 Å². The third-order valence-electron chi connectivity index (χ3n) is 4.86. The van der Waals surface area contributed by atoms with Crippen molar-refractivity contribution in [1.82, 2.24) is 5.32 Å². The maximum atomic E-state index is 13.2. The molecular formula is C25H24F3NO4. The van der Waals surface area contributed by atoms with Gasteiger partial charge in [-0.05, 0) is 35.2 Å². The molecule has 0 radical (unpaired) electrons. The lowest BCUT2D eigenvalue weighted by Crippen LogP contribution is -2.51. The molecule has 0 saturated heterocycles. The van der Waals surface area contributed by atoms with Crippen LogP contribution in [0.3, 0.4) is 0 Å². The molecule has 0 aliphatic carbocycles. The van der Waals surface area contributed by atoms with E-state index in [-0.39, 0.29) is 13.0 Å². The predicted molar refractivity (Wildman–Crippen MR) is 117 cm³/mol. The second kappa shape index (κ2) is 11.4. The highest BCUT2D eigenvalue weighted by atomic mass is 19.4. The van der Waals surface area contributed by atoms with Crippen LogP contribution in [0.15, 0.2) is 84.9 Å². The van der Waals surface area contributed by atoms with Crippen LogP contribution in [0.1, 0.15) is 16.7 Å². The molecule has 3 rings (SSSR count). The molecule has 33 heavy (non-hydrogen) atoms. The van der Waals surface area contributed by atoms with Crippen molar-refractivity contribution in [2.75, 3.05) is 0 Å². The van der Waals surface area contributed by atoms with Crippen molar-refractivity contribution in [1.29, 1.82) is 0 Å². The second-order valence-electron chi connectivity index (χ2n) is 7.42. The van der Waals surface area contributed by atoms with Gasteiger partial charge in [0.05, 0.1) is 6.04 Å². The lowest BCUT2D eigenvalue weighted by atomic mass is 10.0. The number of carbonyl (C=O) groups excluding carboxylic acids is 1. The Hall–Kier alpha value is -3.52. The van der Waals surface area contributed by atoms with E-state index >= 15 is 0 Å². The quantitative estimate of drug-likeness (QED) is 0.471. The predicted octanol–water partition coefficient (Wildman–Crippen LogP) is 5.03. The molecule has 0 aliphatic rings. The standard InChI is InChI=1S/C25H24F3NO4/c26-25(27,28)23(30)22(29-24(31)33-17-20-9-5-2-6-10-20)15-18-11-13-21(14-12-18)32-16-19-7-3-1-4-8-19/h1-14,22-23,30H,15-17H2,(H,29,31)/t22-,23-/m0/s1. The Morgan fingerprint density at radius 3 is 1.91 bits per heavy atom. The summed E-state index contributed by atoms with van der Waals surface area (Å²) in [5.74, 6) is 0.547. The van der Waals surface area contributed by atoms with Crippen molar-refractivity contribution in [3.63, 3.8) is 0 Å². The van der Waals surface area contributed by atoms with Crippen LogP contribution in [0.4, 0.5) is 18.0 Å². The van der Waals surface area contributed by atoms with Gasteiger partial charge in [-0.25, -0.2) is 4.79 Å². The molecule has 0 spiro atoms. The van der Waals surface area contributed by atoms with Gasteiger partial charge < -0.3 is 19.9 Å². The zero-order valence-corrected chi connectivity index (χ0v) is 17.7. The molecule has 3 aromatic rings. The Kier molecular flexibility index (Phi) is 8.32. The molecule has 5 nitrogen and oxygen atoms in total. The molecule has 0 fully saturated rings. The molecule has 0 unspecified atom stereocenters. The van der Waals surface area contributed by atoms with Crippen LogP contribution in [-0.4, -0.2) is 29.5 Å². The number of alkyl carbamates (subject to hydrolysis) is 1. The zero-order chi connectivity index (χ0) is 23.7. The average molecular weight is 459 g/mol. The van der Waals surface area contributed by atoms with Gasteiger partial charge in [-0.2, -0.15) is 13.2 Å². The molecule has 2 N–H and O–H groups in total. The van der Waals surface area contributed by atoms with E-state index in [4.69, 9.17) is 9.47 Å². The van der Waals surface area contributed by atoms with Gasteiger partial charge in [0.15, 0.2) is 6.10 Å². The maximum Gasteiger partial charge on any atom is 0.416 e. The Bertz CT molecular complexity index is 996. The highest BCUT2D eigenvalue weighted by Gasteiger charge is 2.44. The minimum absolute atomic E-state index is 0.102. The molecule has 0 aromatic heterocycles. The Morgan fingerprint density at radius 2 is 1.36 bits per heavy atom. The fourth-order valence-electron chi connectivity index (χ4n) is 3.10. The van der Waals surface area contributed by atoms with Gasteiger partial charge in [0, 0.05) is 0 Å². The van der Waals surface area contributed by atoms with E-state index in [2.05, 4.69) is 5.32 Å². The van der Waals surface area contributed by atoms with Crippen LogP contribution < -0.4 is 10.1 Å². The zero-order valence-electron chi connectivity index (χ0n) is 17.7. The smallest absolute Gasteiger partial charge is 0.416 e. The van der Waals surface area contributed by atoms with Crippen LogP contribution in [0.5, 0.6) is 5.75 Å². The highest BCUT2D eigenvalue weighted by Crippen LogP contribution is 2.25. The molecule has 0 aliphatic heterocycles. The van der Waals surface area contributed by atoms with Crippen molar-refractivity contribution < 1.29 is 32.5 Å². The highest BCUT2D eigenvalue weighted by molar-refractivity contribution is 5.67. The third-order valence-corrected chi connectivity index (χ3v) is 4.86. The summed E-state index contributed by atoms with van der Waals surface area (Å²) < 4.78 is 50.2. The number of aliphatic hydroxyl groups excluding tert-OH is 1. The minimum Gasteiger partial charge on any atom is -0.489 e. The van der Waals surface area contributed by atoms with E-state index < -0.39 is 24.4 Å². The summed E-state index contributed by atoms with van der Waals surface area (Å²) in [6, 6.07) is 23.1. The SMILES string of the molecule is O=C(N[C@@H](Cc1ccc(OCc2ccccc2)cc1)[C@H](O)C(F)(F)F)OCc1ccccc1. The van der Waals surface area contributed by atoms with E-state index in [1.165, 1.54) is 0 Å². The number of halogens is 3. The largest absolute Gasteiger partial charge is 0.489 e. The fourth-order valence-corrected chi connectivity index (χ4v) is 3.10. The molecule has 2 atom stereocenters. The van der Waals surface area contributed by atoms with E-state index in [1.54, 1.807) is 54.6 Å². The summed E-state index contributed by atoms with van der Waals surface area (Å²) in [6.45, 7) is 0.249. The number of hydrogen-bond donors (Lipinski definition) is 2. The van der Waals surface area contributed by atoms with Gasteiger partial charge in [-0.3, -0.25) is 0 Å². The van der Waals surface area contributed by atoms with E-state index in [0.29, 0.717) is 23.5 Å². The Morgan fingerprint density at radius 1 is 0.818 bits per heavy atom. The number of aliphatic hydroxyl groups is 1. The average Bonchev–Trinajstić information content (AvgIpc) is 2.82. The van der Waals surface area contributed by atoms with E-state index in [0.717, 1.165) is 5.56 Å². The summed E-state index contributed by atoms with van der Waals surface area (Å²) in [7, 11) is 0. The lowest BCUT2D eigenvalue weighted by molar-refractivity contribution is -0.211. The van der Waals surface area contributed by atoms with Gasteiger partial charge in [0.25, 0.3) is 0 Å². The number of amides is 1. The van der Waals surface area contributed by atoms with E-state index in [9.17, 15) is 23.1 Å². The Labute approximate surface area is 189 Å². The van der Waals surface area contributed by atoms with Crippen LogP contribution >= 0.6 is 0 Å². The minimum atomic E-state index is -4.91. The summed E-state index contributed by atoms with van der Waals surface area (Å²) in [5, 5.41) is 11.9. The molecule has 174 valence electrons. The maximum absolute atomic E-state index is 13.2. The molecule has 1 amide bonds. The molecular weight excluding hydrogens is 435 g/mol. The molecule has 0 heterocycles. The number of carbonyl (C=O) groups is 1. The van der Waals surface area contributed by atoms with Crippen LogP contribution in [0.2, 0.25) is 0 Å². The number of alkyl halides is 3. The molecule has 0 bridgehead atoms. The summed E-state index contributed by atoms with van der Waals surface area (Å²) in [4.78, 5) is 12.1. The Balaban J connectivity index is 1.60. The molecule has 0 saturated carbocycles. The van der Waals surface area contributed by atoms with Gasteiger partial charge in [-0.15, -0.1) is 0 Å². The normalized spacial score (nSPS) is 13.1. The van der Waals surface area contributed by atoms with Crippen LogP contribution in [0, 0.1) is 0 Å². The number of hydrogen-bond acceptors (Lipinski definition) is 4. The second-order valence-corrected chi connectivity index (χ2v) is 7.42. The van der Waals surface area contributed by atoms with Gasteiger partial charge in [-0.1, -0.05) is 72.8 Å². The van der Waals surface area contributed by atoms with Gasteiger partial charge in [0.1, 0.15) is 19.0 Å². The van der Waals surface area contributed by atoms with Crippen molar-refractivity contribution in [2.24, 2.45) is 0 Å². The van der Waals surface area contributed by atoms with Gasteiger partial charge >= 0.3 is 12.3 Å². The fraction of sp³-hybridized carbons (Fsp3) is 0.240. The van der Waals surface area contributed by atoms with Gasteiger partial charge in [0.2, 0.25) is 0 Å². The third kappa shape index (κ3) is 7.84. The van der Waals surface area contributed by atoms with Crippen LogP contribution in [-0.2, 0) is 24.4 Å². The summed E-state index contributed by atoms with van der Waals surface area (Å²) in [5.41, 5.74) is 2.15. The van der Waals surface area contributed by atoms with Crippen molar-refractivity contribution in [3.05, 3.63) is 102 Å². The van der Waals surface area contributed by atoms with E-state index in [1.807, 2.05) is 30.3 Å². The first kappa shape index (κ1) is 24.1. The molecule has 8 heteroatoms. The number of nitrogens with one attached hydrogen (secondary N) is 1. The first-order chi connectivity index (χ1) is 15.8. The van der Waals surface area contributed by atoms with Crippen molar-refractivity contribution in [2.45, 2.75) is 38.0 Å². The monoisotopic (exact) mass is 459 g/mol. The first-order valence-electron chi connectivity index (χ1n) is 10.3. The number of benzene rings is 3.